The van der Waals surface area contributed by atoms with Gasteiger partial charge in [0, 0.05) is 50.8 Å². The minimum absolute atomic E-state index is 0.0205. The van der Waals surface area contributed by atoms with Crippen LogP contribution in [0.4, 0.5) is 17.6 Å². The average Bonchev–Trinajstić information content (AvgIpc) is 3.30. The summed E-state index contributed by atoms with van der Waals surface area (Å²) in [6.45, 7) is 5.68. The first-order chi connectivity index (χ1) is 31.3. The van der Waals surface area contributed by atoms with Crippen LogP contribution in [0.5, 0.6) is 5.75 Å². The van der Waals surface area contributed by atoms with Crippen LogP contribution in [0.25, 0.3) is 16.7 Å². The predicted molar refractivity (Wildman–Crippen MR) is 237 cm³/mol. The highest BCUT2D eigenvalue weighted by molar-refractivity contribution is 5.80. The van der Waals surface area contributed by atoms with Crippen molar-refractivity contribution in [1.82, 2.24) is 29.7 Å². The van der Waals surface area contributed by atoms with E-state index in [4.69, 9.17) is 14.5 Å². The molecule has 350 valence electrons. The number of halogens is 4. The third-order valence-corrected chi connectivity index (χ3v) is 13.2. The molecule has 16 heteroatoms. The Labute approximate surface area is 377 Å². The quantitative estimate of drug-likeness (QED) is 0.0874. The van der Waals surface area contributed by atoms with Gasteiger partial charge in [0.2, 0.25) is 17.7 Å². The maximum Gasteiger partial charge on any atom is 0.419 e. The maximum atomic E-state index is 14.5. The monoisotopic (exact) mass is 904 g/mol. The fourth-order valence-electron chi connectivity index (χ4n) is 9.59. The van der Waals surface area contributed by atoms with Crippen LogP contribution in [0, 0.1) is 17.7 Å². The maximum absolute atomic E-state index is 14.5. The Morgan fingerprint density at radius 1 is 0.938 bits per heavy atom. The number of nitrogens with one attached hydrogen (secondary N) is 1. The van der Waals surface area contributed by atoms with Crippen molar-refractivity contribution in [2.24, 2.45) is 11.8 Å². The SMILES string of the molecule is CCOc1ccc(-n2c(C(C)N(CC3CCN(C(=O)C4CCC(NC(=O)CCCOC5CCCCC5)CC4)CC3)C(=O)Cc3ccc(F)c(C(F)(F)F)c3)nc3ncccc3c2=O)cc1. The Balaban J connectivity index is 1.03. The summed E-state index contributed by atoms with van der Waals surface area (Å²) < 4.78 is 68.6. The number of rotatable bonds is 16. The molecule has 65 heavy (non-hydrogen) atoms. The summed E-state index contributed by atoms with van der Waals surface area (Å²) in [7, 11) is 0. The summed E-state index contributed by atoms with van der Waals surface area (Å²) in [6.07, 6.45) is 7.34. The van der Waals surface area contributed by atoms with Gasteiger partial charge in [0.05, 0.1) is 41.8 Å². The topological polar surface area (TPSA) is 136 Å². The second kappa shape index (κ2) is 21.7. The van der Waals surface area contributed by atoms with E-state index in [1.165, 1.54) is 41.0 Å². The number of ether oxygens (including phenoxy) is 2. The van der Waals surface area contributed by atoms with E-state index in [1.54, 1.807) is 43.3 Å². The molecule has 2 aromatic heterocycles. The standard InChI is InChI=1S/C49H60F4N6O6/c1-3-64-39-20-18-37(19-21-39)59-46(56-45-40(48(59)63)11-7-25-54-45)32(2)58(44(61)30-34-13-22-42(50)41(29-34)49(51,52)53)31-33-23-26-57(27-24-33)47(62)35-14-16-36(17-15-35)55-43(60)12-8-28-65-38-9-5-4-6-10-38/h7,11,13,18-22,25,29,32-33,35-36,38H,3-6,8-10,12,14-17,23-24,26-28,30-31H2,1-2H3,(H,55,60). The number of nitrogens with zero attached hydrogens (tertiary/aromatic N) is 5. The highest BCUT2D eigenvalue weighted by Gasteiger charge is 2.37. The van der Waals surface area contributed by atoms with Crippen LogP contribution in [-0.2, 0) is 31.7 Å². The lowest BCUT2D eigenvalue weighted by molar-refractivity contribution is -0.140. The van der Waals surface area contributed by atoms with Gasteiger partial charge in [0.25, 0.3) is 5.56 Å². The Bertz CT molecular complexity index is 2320. The van der Waals surface area contributed by atoms with Crippen molar-refractivity contribution in [2.45, 2.75) is 128 Å². The van der Waals surface area contributed by atoms with Crippen LogP contribution in [0.1, 0.15) is 120 Å². The summed E-state index contributed by atoms with van der Waals surface area (Å²) in [5.41, 5.74) is -1.28. The number of alkyl halides is 3. The number of aromatic nitrogens is 3. The molecule has 1 N–H and O–H groups in total. The molecular formula is C49H60F4N6O6. The summed E-state index contributed by atoms with van der Waals surface area (Å²) in [6, 6.07) is 11.8. The number of carbonyl (C=O) groups excluding carboxylic acids is 3. The van der Waals surface area contributed by atoms with Gasteiger partial charge in [-0.1, -0.05) is 25.3 Å². The molecule has 2 aromatic carbocycles. The highest BCUT2D eigenvalue weighted by atomic mass is 19.4. The van der Waals surface area contributed by atoms with Crippen molar-refractivity contribution < 1.29 is 41.4 Å². The van der Waals surface area contributed by atoms with Gasteiger partial charge >= 0.3 is 6.18 Å². The molecule has 0 radical (unpaired) electrons. The number of likely N-dealkylation sites (tertiary alicyclic amines) is 1. The van der Waals surface area contributed by atoms with Crippen LogP contribution < -0.4 is 15.6 Å². The lowest BCUT2D eigenvalue weighted by atomic mass is 9.84. The number of pyridine rings is 1. The molecule has 4 aromatic rings. The summed E-state index contributed by atoms with van der Waals surface area (Å²) in [5.74, 6) is -1.35. The van der Waals surface area contributed by atoms with Gasteiger partial charge in [0.15, 0.2) is 5.65 Å². The zero-order chi connectivity index (χ0) is 46.1. The fourth-order valence-corrected chi connectivity index (χ4v) is 9.59. The molecule has 1 saturated heterocycles. The molecule has 1 aliphatic heterocycles. The van der Waals surface area contributed by atoms with Crippen molar-refractivity contribution in [2.75, 3.05) is 32.8 Å². The van der Waals surface area contributed by atoms with Gasteiger partial charge in [0.1, 0.15) is 17.4 Å². The van der Waals surface area contributed by atoms with Crippen molar-refractivity contribution in [3.05, 3.63) is 93.9 Å². The number of benzene rings is 2. The van der Waals surface area contributed by atoms with Crippen LogP contribution in [-0.4, -0.2) is 87.1 Å². The van der Waals surface area contributed by atoms with Crippen LogP contribution in [0.15, 0.2) is 65.6 Å². The third-order valence-electron chi connectivity index (χ3n) is 13.2. The number of amides is 3. The molecule has 0 spiro atoms. The minimum Gasteiger partial charge on any atom is -0.494 e. The minimum atomic E-state index is -4.96. The molecule has 3 heterocycles. The molecule has 2 aliphatic carbocycles. The van der Waals surface area contributed by atoms with Crippen molar-refractivity contribution >= 4 is 28.8 Å². The first kappa shape index (κ1) is 47.6. The van der Waals surface area contributed by atoms with E-state index >= 15 is 0 Å². The Morgan fingerprint density at radius 2 is 1.66 bits per heavy atom. The van der Waals surface area contributed by atoms with E-state index in [1.807, 2.05) is 11.8 Å². The van der Waals surface area contributed by atoms with Gasteiger partial charge in [-0.05, 0) is 132 Å². The van der Waals surface area contributed by atoms with Gasteiger partial charge in [-0.3, -0.25) is 23.7 Å². The number of hydrogen-bond acceptors (Lipinski definition) is 8. The average molecular weight is 905 g/mol. The van der Waals surface area contributed by atoms with Gasteiger partial charge in [-0.2, -0.15) is 13.2 Å². The molecule has 0 bridgehead atoms. The highest BCUT2D eigenvalue weighted by Crippen LogP contribution is 2.34. The Hall–Kier alpha value is -5.38. The van der Waals surface area contributed by atoms with E-state index in [-0.39, 0.29) is 58.7 Å². The molecule has 3 fully saturated rings. The normalized spacial score (nSPS) is 19.2. The van der Waals surface area contributed by atoms with Crippen LogP contribution in [0.2, 0.25) is 0 Å². The number of piperidine rings is 1. The summed E-state index contributed by atoms with van der Waals surface area (Å²) in [4.78, 5) is 67.8. The summed E-state index contributed by atoms with van der Waals surface area (Å²) >= 11 is 0. The largest absolute Gasteiger partial charge is 0.494 e. The molecule has 1 atom stereocenters. The molecule has 7 rings (SSSR count). The lowest BCUT2D eigenvalue weighted by Crippen LogP contribution is -2.47. The zero-order valence-corrected chi connectivity index (χ0v) is 37.3. The predicted octanol–water partition coefficient (Wildman–Crippen LogP) is 8.51. The fraction of sp³-hybridized carbons (Fsp3) is 0.551. The zero-order valence-electron chi connectivity index (χ0n) is 37.3. The first-order valence-electron chi connectivity index (χ1n) is 23.2. The molecular weight excluding hydrogens is 845 g/mol. The van der Waals surface area contributed by atoms with Crippen molar-refractivity contribution in [3.8, 4) is 11.4 Å². The Morgan fingerprint density at radius 3 is 2.35 bits per heavy atom. The molecule has 1 unspecified atom stereocenters. The number of carbonyl (C=O) groups is 3. The second-order valence-corrected chi connectivity index (χ2v) is 17.7. The van der Waals surface area contributed by atoms with Gasteiger partial charge in [-0.15, -0.1) is 0 Å². The van der Waals surface area contributed by atoms with Crippen molar-refractivity contribution in [3.63, 3.8) is 0 Å². The van der Waals surface area contributed by atoms with Crippen molar-refractivity contribution in [1.29, 1.82) is 0 Å². The third kappa shape index (κ3) is 12.1. The molecule has 3 aliphatic rings. The molecule has 12 nitrogen and oxygen atoms in total. The van der Waals surface area contributed by atoms with Crippen LogP contribution in [0.3, 0.4) is 0 Å². The van der Waals surface area contributed by atoms with E-state index in [0.717, 1.165) is 25.7 Å². The molecule has 3 amide bonds. The van der Waals surface area contributed by atoms with Gasteiger partial charge < -0.3 is 24.6 Å². The van der Waals surface area contributed by atoms with Crippen LogP contribution >= 0.6 is 0 Å². The smallest absolute Gasteiger partial charge is 0.419 e. The molecule has 2 saturated carbocycles. The van der Waals surface area contributed by atoms with E-state index in [0.29, 0.717) is 94.5 Å². The van der Waals surface area contributed by atoms with E-state index < -0.39 is 41.5 Å². The summed E-state index contributed by atoms with van der Waals surface area (Å²) in [5, 5.41) is 3.41. The Kier molecular flexibility index (Phi) is 15.9. The van der Waals surface area contributed by atoms with Gasteiger partial charge in [-0.25, -0.2) is 14.4 Å². The van der Waals surface area contributed by atoms with E-state index in [9.17, 15) is 36.7 Å². The van der Waals surface area contributed by atoms with E-state index in [2.05, 4.69) is 10.3 Å². The second-order valence-electron chi connectivity index (χ2n) is 17.7. The lowest BCUT2D eigenvalue weighted by Gasteiger charge is -2.39. The number of hydrogen-bond donors (Lipinski definition) is 1. The first-order valence-corrected chi connectivity index (χ1v) is 23.2. The number of fused-ring (bicyclic) bond motifs is 1.